The molecule has 0 bridgehead atoms. The Bertz CT molecular complexity index is 568. The normalized spacial score (nSPS) is 12.0. The van der Waals surface area contributed by atoms with Gasteiger partial charge in [0.15, 0.2) is 0 Å². The van der Waals surface area contributed by atoms with Gasteiger partial charge in [0.25, 0.3) is 0 Å². The number of hydrogen-bond acceptors (Lipinski definition) is 5. The first kappa shape index (κ1) is 15.2. The van der Waals surface area contributed by atoms with Gasteiger partial charge < -0.3 is 14.8 Å². The van der Waals surface area contributed by atoms with E-state index in [1.165, 1.54) is 18.5 Å². The van der Waals surface area contributed by atoms with Crippen LogP contribution in [0.4, 0.5) is 4.39 Å². The third-order valence-corrected chi connectivity index (χ3v) is 3.21. The number of benzene rings is 1. The highest BCUT2D eigenvalue weighted by Crippen LogP contribution is 2.24. The lowest BCUT2D eigenvalue weighted by molar-refractivity contribution is 0.357. The molecule has 0 aliphatic carbocycles. The van der Waals surface area contributed by atoms with E-state index in [9.17, 15) is 4.39 Å². The van der Waals surface area contributed by atoms with E-state index in [0.717, 1.165) is 11.1 Å². The molecule has 2 rings (SSSR count). The summed E-state index contributed by atoms with van der Waals surface area (Å²) in [6.07, 6.45) is 1.39. The van der Waals surface area contributed by atoms with Gasteiger partial charge in [0.2, 0.25) is 11.8 Å². The summed E-state index contributed by atoms with van der Waals surface area (Å²) in [5.74, 6) is 0.701. The zero-order chi connectivity index (χ0) is 15.2. The zero-order valence-electron chi connectivity index (χ0n) is 12.3. The summed E-state index contributed by atoms with van der Waals surface area (Å²) in [6.45, 7) is 2.47. The second kappa shape index (κ2) is 6.99. The standard InChI is InChI=1S/C15H18FN3O2/c1-10(11-4-6-12(16)7-5-11)17-8-13-14(20-2)18-9-19-15(13)21-3/h4-7,9-10,17H,8H2,1-3H3/t10-/m1/s1. The van der Waals surface area contributed by atoms with Gasteiger partial charge in [-0.25, -0.2) is 14.4 Å². The zero-order valence-corrected chi connectivity index (χ0v) is 12.3. The van der Waals surface area contributed by atoms with Gasteiger partial charge in [0.1, 0.15) is 12.1 Å². The van der Waals surface area contributed by atoms with Crippen molar-refractivity contribution in [3.8, 4) is 11.8 Å². The third-order valence-electron chi connectivity index (χ3n) is 3.21. The molecule has 0 radical (unpaired) electrons. The average molecular weight is 291 g/mol. The van der Waals surface area contributed by atoms with Gasteiger partial charge in [-0.3, -0.25) is 0 Å². The Balaban J connectivity index is 2.10. The Hall–Kier alpha value is -2.21. The van der Waals surface area contributed by atoms with Crippen molar-refractivity contribution in [2.75, 3.05) is 14.2 Å². The Labute approximate surface area is 123 Å². The van der Waals surface area contributed by atoms with Gasteiger partial charge in [-0.15, -0.1) is 0 Å². The number of nitrogens with zero attached hydrogens (tertiary/aromatic N) is 2. The fourth-order valence-corrected chi connectivity index (χ4v) is 2.01. The maximum Gasteiger partial charge on any atom is 0.224 e. The second-order valence-electron chi connectivity index (χ2n) is 4.52. The molecule has 0 saturated carbocycles. The summed E-state index contributed by atoms with van der Waals surface area (Å²) in [5, 5.41) is 3.32. The minimum Gasteiger partial charge on any atom is -0.481 e. The maximum absolute atomic E-state index is 12.9. The van der Waals surface area contributed by atoms with Crippen LogP contribution in [0.2, 0.25) is 0 Å². The van der Waals surface area contributed by atoms with Crippen molar-refractivity contribution in [3.05, 3.63) is 47.5 Å². The summed E-state index contributed by atoms with van der Waals surface area (Å²) in [4.78, 5) is 8.13. The van der Waals surface area contributed by atoms with Crippen LogP contribution in [0.15, 0.2) is 30.6 Å². The first-order chi connectivity index (χ1) is 10.2. The SMILES string of the molecule is COc1ncnc(OC)c1CN[C@H](C)c1ccc(F)cc1. The number of rotatable bonds is 6. The molecule has 0 aliphatic rings. The maximum atomic E-state index is 12.9. The van der Waals surface area contributed by atoms with Gasteiger partial charge in [-0.05, 0) is 24.6 Å². The van der Waals surface area contributed by atoms with Crippen molar-refractivity contribution in [1.29, 1.82) is 0 Å². The molecular formula is C15H18FN3O2. The molecule has 112 valence electrons. The largest absolute Gasteiger partial charge is 0.481 e. The third kappa shape index (κ3) is 3.66. The van der Waals surface area contributed by atoms with E-state index in [2.05, 4.69) is 15.3 Å². The van der Waals surface area contributed by atoms with E-state index in [0.29, 0.717) is 18.3 Å². The fraction of sp³-hybridized carbons (Fsp3) is 0.333. The van der Waals surface area contributed by atoms with Gasteiger partial charge >= 0.3 is 0 Å². The van der Waals surface area contributed by atoms with E-state index in [1.807, 2.05) is 6.92 Å². The van der Waals surface area contributed by atoms with Gasteiger partial charge in [-0.1, -0.05) is 12.1 Å². The summed E-state index contributed by atoms with van der Waals surface area (Å²) in [5.41, 5.74) is 1.74. The molecule has 1 atom stereocenters. The molecule has 1 aromatic carbocycles. The lowest BCUT2D eigenvalue weighted by atomic mass is 10.1. The quantitative estimate of drug-likeness (QED) is 0.886. The highest BCUT2D eigenvalue weighted by atomic mass is 19.1. The molecule has 0 amide bonds. The predicted molar refractivity (Wildman–Crippen MR) is 76.8 cm³/mol. The number of aromatic nitrogens is 2. The van der Waals surface area contributed by atoms with E-state index < -0.39 is 0 Å². The average Bonchev–Trinajstić information content (AvgIpc) is 2.52. The molecule has 2 aromatic rings. The highest BCUT2D eigenvalue weighted by Gasteiger charge is 2.14. The Morgan fingerprint density at radius 2 is 1.67 bits per heavy atom. The molecule has 0 spiro atoms. The van der Waals surface area contributed by atoms with Crippen LogP contribution in [0.1, 0.15) is 24.1 Å². The van der Waals surface area contributed by atoms with Crippen LogP contribution >= 0.6 is 0 Å². The first-order valence-electron chi connectivity index (χ1n) is 6.56. The molecule has 21 heavy (non-hydrogen) atoms. The molecule has 1 aromatic heterocycles. The molecular weight excluding hydrogens is 273 g/mol. The van der Waals surface area contributed by atoms with Crippen LogP contribution in [-0.4, -0.2) is 24.2 Å². The minimum atomic E-state index is -0.245. The number of halogens is 1. The van der Waals surface area contributed by atoms with Crippen LogP contribution in [0.3, 0.4) is 0 Å². The highest BCUT2D eigenvalue weighted by molar-refractivity contribution is 5.34. The topological polar surface area (TPSA) is 56.3 Å². The van der Waals surface area contributed by atoms with Crippen LogP contribution in [0.5, 0.6) is 11.8 Å². The van der Waals surface area contributed by atoms with Crippen LogP contribution in [0.25, 0.3) is 0 Å². The van der Waals surface area contributed by atoms with Crippen LogP contribution in [0, 0.1) is 5.82 Å². The number of nitrogens with one attached hydrogen (secondary N) is 1. The van der Waals surface area contributed by atoms with E-state index in [1.54, 1.807) is 26.4 Å². The molecule has 6 heteroatoms. The van der Waals surface area contributed by atoms with Gasteiger partial charge in [0.05, 0.1) is 19.8 Å². The second-order valence-corrected chi connectivity index (χ2v) is 4.52. The molecule has 1 heterocycles. The van der Waals surface area contributed by atoms with Crippen LogP contribution < -0.4 is 14.8 Å². The lowest BCUT2D eigenvalue weighted by Gasteiger charge is -2.16. The van der Waals surface area contributed by atoms with Crippen molar-refractivity contribution in [3.63, 3.8) is 0 Å². The summed E-state index contributed by atoms with van der Waals surface area (Å²) in [7, 11) is 3.10. The van der Waals surface area contributed by atoms with Crippen molar-refractivity contribution in [2.24, 2.45) is 0 Å². The summed E-state index contributed by atoms with van der Waals surface area (Å²) >= 11 is 0. The molecule has 1 N–H and O–H groups in total. The van der Waals surface area contributed by atoms with E-state index in [4.69, 9.17) is 9.47 Å². The fourth-order valence-electron chi connectivity index (χ4n) is 2.01. The smallest absolute Gasteiger partial charge is 0.224 e. The predicted octanol–water partition coefficient (Wildman–Crippen LogP) is 2.48. The molecule has 5 nitrogen and oxygen atoms in total. The van der Waals surface area contributed by atoms with E-state index >= 15 is 0 Å². The Kier molecular flexibility index (Phi) is 5.05. The van der Waals surface area contributed by atoms with Crippen molar-refractivity contribution < 1.29 is 13.9 Å². The van der Waals surface area contributed by atoms with Crippen LogP contribution in [-0.2, 0) is 6.54 Å². The monoisotopic (exact) mass is 291 g/mol. The number of ether oxygens (including phenoxy) is 2. The number of methoxy groups -OCH3 is 2. The first-order valence-corrected chi connectivity index (χ1v) is 6.56. The number of hydrogen-bond donors (Lipinski definition) is 1. The van der Waals surface area contributed by atoms with Crippen molar-refractivity contribution >= 4 is 0 Å². The van der Waals surface area contributed by atoms with Gasteiger partial charge in [-0.2, -0.15) is 0 Å². The minimum absolute atomic E-state index is 0.0419. The lowest BCUT2D eigenvalue weighted by Crippen LogP contribution is -2.19. The van der Waals surface area contributed by atoms with Gasteiger partial charge in [0, 0.05) is 12.6 Å². The molecule has 0 fully saturated rings. The molecule has 0 aliphatic heterocycles. The summed E-state index contributed by atoms with van der Waals surface area (Å²) < 4.78 is 23.4. The molecule has 0 saturated heterocycles. The van der Waals surface area contributed by atoms with Crippen molar-refractivity contribution in [1.82, 2.24) is 15.3 Å². The van der Waals surface area contributed by atoms with Crippen molar-refractivity contribution in [2.45, 2.75) is 19.5 Å². The van der Waals surface area contributed by atoms with E-state index in [-0.39, 0.29) is 11.9 Å². The summed E-state index contributed by atoms with van der Waals surface area (Å²) in [6, 6.07) is 6.44. The molecule has 0 unspecified atom stereocenters. The Morgan fingerprint density at radius 1 is 1.10 bits per heavy atom. The Morgan fingerprint density at radius 3 is 2.19 bits per heavy atom.